The molecule has 1 aliphatic rings. The molecule has 3 aromatic carbocycles. The van der Waals surface area contributed by atoms with Crippen molar-refractivity contribution in [2.75, 3.05) is 5.32 Å². The quantitative estimate of drug-likeness (QED) is 0.274. The Balaban J connectivity index is 1.63. The number of rotatable bonds is 6. The molecule has 0 amide bonds. The van der Waals surface area contributed by atoms with Gasteiger partial charge in [-0.3, -0.25) is 4.98 Å². The standard InChI is InChI=1S/C37H46N2/c1-23-12-11-14-28-19-30(16-17-32(23)28)35-24(2)18-34(27(5)36(35)26(4)25(3)21-37(6,7)8)39-31-20-29-13-9-10-15-33(29)38-22-31/h9-10,13,15-20,22-23,25-26,39H,11-12,14,21H2,1-8H3. The lowest BCUT2D eigenvalue weighted by Crippen LogP contribution is -2.18. The van der Waals surface area contributed by atoms with E-state index in [1.807, 2.05) is 12.3 Å². The topological polar surface area (TPSA) is 24.9 Å². The number of nitrogens with one attached hydrogen (secondary N) is 1. The Morgan fingerprint density at radius 3 is 2.54 bits per heavy atom. The van der Waals surface area contributed by atoms with Gasteiger partial charge in [-0.2, -0.15) is 0 Å². The average molecular weight is 519 g/mol. The molecular formula is C37H46N2. The molecule has 204 valence electrons. The van der Waals surface area contributed by atoms with Crippen LogP contribution in [-0.2, 0) is 6.42 Å². The van der Waals surface area contributed by atoms with Crippen LogP contribution >= 0.6 is 0 Å². The second kappa shape index (κ2) is 10.8. The van der Waals surface area contributed by atoms with Crippen LogP contribution in [-0.4, -0.2) is 4.98 Å². The van der Waals surface area contributed by atoms with E-state index in [1.54, 1.807) is 11.1 Å². The summed E-state index contributed by atoms with van der Waals surface area (Å²) in [5.41, 5.74) is 13.6. The molecule has 2 nitrogen and oxygen atoms in total. The molecule has 39 heavy (non-hydrogen) atoms. The molecule has 3 atom stereocenters. The molecule has 4 aromatic rings. The van der Waals surface area contributed by atoms with Crippen LogP contribution in [0.15, 0.2) is 60.8 Å². The fraction of sp³-hybridized carbons (Fsp3) is 0.432. The molecule has 0 spiro atoms. The second-order valence-corrected chi connectivity index (χ2v) is 13.4. The van der Waals surface area contributed by atoms with Gasteiger partial charge in [-0.1, -0.05) is 77.9 Å². The van der Waals surface area contributed by atoms with Crippen LogP contribution in [0.1, 0.15) is 100 Å². The highest BCUT2D eigenvalue weighted by molar-refractivity contribution is 5.84. The van der Waals surface area contributed by atoms with Gasteiger partial charge in [0.25, 0.3) is 0 Å². The van der Waals surface area contributed by atoms with Gasteiger partial charge in [0.05, 0.1) is 17.4 Å². The summed E-state index contributed by atoms with van der Waals surface area (Å²) in [4.78, 5) is 4.71. The van der Waals surface area contributed by atoms with Crippen molar-refractivity contribution in [2.45, 2.75) is 92.9 Å². The van der Waals surface area contributed by atoms with Crippen LogP contribution in [0.3, 0.4) is 0 Å². The van der Waals surface area contributed by atoms with Crippen LogP contribution in [0.2, 0.25) is 0 Å². The number of hydrogen-bond acceptors (Lipinski definition) is 2. The molecule has 0 saturated carbocycles. The summed E-state index contributed by atoms with van der Waals surface area (Å²) in [5, 5.41) is 4.92. The zero-order valence-electron chi connectivity index (χ0n) is 25.3. The van der Waals surface area contributed by atoms with Gasteiger partial charge in [0.2, 0.25) is 0 Å². The number of fused-ring (bicyclic) bond motifs is 2. The Labute approximate surface area is 236 Å². The lowest BCUT2D eigenvalue weighted by Gasteiger charge is -2.32. The lowest BCUT2D eigenvalue weighted by molar-refractivity contribution is 0.283. The van der Waals surface area contributed by atoms with Crippen molar-refractivity contribution in [1.29, 1.82) is 0 Å². The number of benzene rings is 3. The minimum Gasteiger partial charge on any atom is -0.354 e. The molecular weight excluding hydrogens is 472 g/mol. The van der Waals surface area contributed by atoms with Gasteiger partial charge < -0.3 is 5.32 Å². The molecule has 0 aliphatic heterocycles. The minimum absolute atomic E-state index is 0.297. The molecule has 0 radical (unpaired) electrons. The summed E-state index contributed by atoms with van der Waals surface area (Å²) in [6, 6.07) is 20.2. The van der Waals surface area contributed by atoms with Crippen LogP contribution < -0.4 is 5.32 Å². The van der Waals surface area contributed by atoms with Gasteiger partial charge in [-0.05, 0) is 120 Å². The minimum atomic E-state index is 0.297. The summed E-state index contributed by atoms with van der Waals surface area (Å²) in [6.07, 6.45) is 6.96. The number of pyridine rings is 1. The van der Waals surface area contributed by atoms with Crippen molar-refractivity contribution < 1.29 is 0 Å². The highest BCUT2D eigenvalue weighted by Gasteiger charge is 2.27. The maximum Gasteiger partial charge on any atom is 0.0703 e. The summed E-state index contributed by atoms with van der Waals surface area (Å²) in [6.45, 7) is 19.0. The van der Waals surface area contributed by atoms with Gasteiger partial charge in [-0.25, -0.2) is 0 Å². The zero-order valence-corrected chi connectivity index (χ0v) is 25.3. The predicted molar refractivity (Wildman–Crippen MR) is 169 cm³/mol. The number of nitrogens with zero attached hydrogens (tertiary/aromatic N) is 1. The molecule has 0 fully saturated rings. The molecule has 3 unspecified atom stereocenters. The molecule has 1 N–H and O–H groups in total. The third kappa shape index (κ3) is 5.76. The first-order valence-corrected chi connectivity index (χ1v) is 14.9. The second-order valence-electron chi connectivity index (χ2n) is 13.4. The van der Waals surface area contributed by atoms with Crippen molar-refractivity contribution in [1.82, 2.24) is 4.98 Å². The highest BCUT2D eigenvalue weighted by atomic mass is 14.9. The molecule has 5 rings (SSSR count). The van der Waals surface area contributed by atoms with Crippen LogP contribution in [0.5, 0.6) is 0 Å². The number of aromatic nitrogens is 1. The average Bonchev–Trinajstić information content (AvgIpc) is 2.89. The summed E-state index contributed by atoms with van der Waals surface area (Å²) in [7, 11) is 0. The van der Waals surface area contributed by atoms with E-state index >= 15 is 0 Å². The van der Waals surface area contributed by atoms with Crippen LogP contribution in [0, 0.1) is 25.2 Å². The largest absolute Gasteiger partial charge is 0.354 e. The number of hydrogen-bond donors (Lipinski definition) is 1. The summed E-state index contributed by atoms with van der Waals surface area (Å²) < 4.78 is 0. The molecule has 1 heterocycles. The van der Waals surface area contributed by atoms with E-state index < -0.39 is 0 Å². The van der Waals surface area contributed by atoms with Crippen molar-refractivity contribution in [2.24, 2.45) is 11.3 Å². The van der Waals surface area contributed by atoms with Crippen molar-refractivity contribution in [3.8, 4) is 11.1 Å². The van der Waals surface area contributed by atoms with Gasteiger partial charge in [0.15, 0.2) is 0 Å². The van der Waals surface area contributed by atoms with Crippen molar-refractivity contribution in [3.63, 3.8) is 0 Å². The van der Waals surface area contributed by atoms with Crippen molar-refractivity contribution in [3.05, 3.63) is 88.6 Å². The van der Waals surface area contributed by atoms with E-state index in [-0.39, 0.29) is 0 Å². The molecule has 0 saturated heterocycles. The van der Waals surface area contributed by atoms with E-state index in [1.165, 1.54) is 59.2 Å². The lowest BCUT2D eigenvalue weighted by atomic mass is 9.73. The van der Waals surface area contributed by atoms with Gasteiger partial charge in [0.1, 0.15) is 0 Å². The Morgan fingerprint density at radius 1 is 1.00 bits per heavy atom. The molecule has 1 aliphatic carbocycles. The molecule has 2 heteroatoms. The Kier molecular flexibility index (Phi) is 7.60. The first-order chi connectivity index (χ1) is 18.5. The van der Waals surface area contributed by atoms with E-state index in [4.69, 9.17) is 4.98 Å². The van der Waals surface area contributed by atoms with E-state index in [0.717, 1.165) is 16.6 Å². The third-order valence-corrected chi connectivity index (χ3v) is 8.99. The summed E-state index contributed by atoms with van der Waals surface area (Å²) in [5.74, 6) is 1.67. The van der Waals surface area contributed by atoms with E-state index in [0.29, 0.717) is 23.2 Å². The fourth-order valence-electron chi connectivity index (χ4n) is 6.96. The third-order valence-electron chi connectivity index (χ3n) is 8.99. The number of anilines is 2. The monoisotopic (exact) mass is 518 g/mol. The van der Waals surface area contributed by atoms with Gasteiger partial charge in [-0.15, -0.1) is 0 Å². The Morgan fingerprint density at radius 2 is 1.77 bits per heavy atom. The van der Waals surface area contributed by atoms with Crippen LogP contribution in [0.4, 0.5) is 11.4 Å². The highest BCUT2D eigenvalue weighted by Crippen LogP contribution is 2.45. The van der Waals surface area contributed by atoms with Crippen molar-refractivity contribution >= 4 is 22.3 Å². The fourth-order valence-corrected chi connectivity index (χ4v) is 6.96. The maximum absolute atomic E-state index is 4.71. The van der Waals surface area contributed by atoms with E-state index in [2.05, 4.69) is 109 Å². The first-order valence-electron chi connectivity index (χ1n) is 14.9. The summed E-state index contributed by atoms with van der Waals surface area (Å²) >= 11 is 0. The first kappa shape index (κ1) is 27.4. The Hall–Kier alpha value is -3.13. The molecule has 1 aromatic heterocycles. The normalized spacial score (nSPS) is 17.1. The number of aryl methyl sites for hydroxylation is 2. The zero-order chi connectivity index (χ0) is 27.9. The maximum atomic E-state index is 4.71. The van der Waals surface area contributed by atoms with Gasteiger partial charge in [0, 0.05) is 11.1 Å². The smallest absolute Gasteiger partial charge is 0.0703 e. The number of para-hydroxylation sites is 1. The van der Waals surface area contributed by atoms with Gasteiger partial charge >= 0.3 is 0 Å². The van der Waals surface area contributed by atoms with E-state index in [9.17, 15) is 0 Å². The SMILES string of the molecule is Cc1cc(Nc2cnc3ccccc3c2)c(C)c(C(C)C(C)CC(C)(C)C)c1-c1ccc2c(c1)CCCC2C. The Bertz CT molecular complexity index is 1490. The predicted octanol–water partition coefficient (Wildman–Crippen LogP) is 10.9. The molecule has 0 bridgehead atoms. The van der Waals surface area contributed by atoms with Crippen LogP contribution in [0.25, 0.3) is 22.0 Å².